The summed E-state index contributed by atoms with van der Waals surface area (Å²) in [5.74, 6) is 0.0741. The zero-order chi connectivity index (χ0) is 16.8. The molecule has 6 nitrogen and oxygen atoms in total. The minimum Gasteiger partial charge on any atom is -0.485 e. The highest BCUT2D eigenvalue weighted by Gasteiger charge is 2.29. The van der Waals surface area contributed by atoms with Crippen LogP contribution in [0.3, 0.4) is 0 Å². The molecule has 0 aromatic heterocycles. The van der Waals surface area contributed by atoms with E-state index in [2.05, 4.69) is 5.32 Å². The second-order valence-electron chi connectivity index (χ2n) is 5.23. The van der Waals surface area contributed by atoms with Crippen molar-refractivity contribution in [2.24, 2.45) is 0 Å². The van der Waals surface area contributed by atoms with Crippen molar-refractivity contribution in [3.05, 3.63) is 60.2 Å². The summed E-state index contributed by atoms with van der Waals surface area (Å²) in [6.45, 7) is 0.0856. The molecule has 0 unspecified atom stereocenters. The molecule has 1 atom stereocenters. The molecular formula is C18H17NO5. The zero-order valence-corrected chi connectivity index (χ0v) is 12.9. The quantitative estimate of drug-likeness (QED) is 0.846. The van der Waals surface area contributed by atoms with Gasteiger partial charge in [0.2, 0.25) is 6.10 Å². The first-order valence-corrected chi connectivity index (χ1v) is 7.58. The summed E-state index contributed by atoms with van der Waals surface area (Å²) in [4.78, 5) is 23.7. The number of para-hydroxylation sites is 2. The van der Waals surface area contributed by atoms with E-state index in [1.54, 1.807) is 18.2 Å². The predicted molar refractivity (Wildman–Crippen MR) is 85.6 cm³/mol. The van der Waals surface area contributed by atoms with Crippen LogP contribution in [0, 0.1) is 0 Å². The molecule has 1 aliphatic heterocycles. The van der Waals surface area contributed by atoms with E-state index in [1.807, 2.05) is 36.4 Å². The Hall–Kier alpha value is -3.02. The maximum atomic E-state index is 12.0. The molecule has 24 heavy (non-hydrogen) atoms. The van der Waals surface area contributed by atoms with E-state index in [1.165, 1.54) is 0 Å². The molecule has 2 aromatic rings. The first-order chi connectivity index (χ1) is 11.7. The van der Waals surface area contributed by atoms with Crippen molar-refractivity contribution in [2.75, 3.05) is 13.2 Å². The molecule has 1 N–H and O–H groups in total. The van der Waals surface area contributed by atoms with Crippen LogP contribution in [0.25, 0.3) is 0 Å². The number of ether oxygens (including phenoxy) is 3. The number of carbonyl (C=O) groups excluding carboxylic acids is 2. The van der Waals surface area contributed by atoms with Crippen molar-refractivity contribution in [2.45, 2.75) is 12.6 Å². The SMILES string of the molecule is O=C(COC(=O)[C@@H]1COc2ccccc2O1)NCc1ccccc1. The maximum absolute atomic E-state index is 12.0. The van der Waals surface area contributed by atoms with Crippen LogP contribution in [0.15, 0.2) is 54.6 Å². The number of amides is 1. The van der Waals surface area contributed by atoms with Crippen LogP contribution in [0.2, 0.25) is 0 Å². The van der Waals surface area contributed by atoms with Gasteiger partial charge in [-0.3, -0.25) is 4.79 Å². The maximum Gasteiger partial charge on any atom is 0.351 e. The normalized spacial score (nSPS) is 15.4. The summed E-state index contributed by atoms with van der Waals surface area (Å²) in [5, 5.41) is 2.68. The van der Waals surface area contributed by atoms with E-state index in [0.717, 1.165) is 5.56 Å². The van der Waals surface area contributed by atoms with Gasteiger partial charge < -0.3 is 19.5 Å². The molecule has 1 amide bonds. The van der Waals surface area contributed by atoms with Crippen molar-refractivity contribution in [1.29, 1.82) is 0 Å². The molecule has 6 heteroatoms. The third kappa shape index (κ3) is 4.04. The summed E-state index contributed by atoms with van der Waals surface area (Å²) in [6, 6.07) is 16.5. The summed E-state index contributed by atoms with van der Waals surface area (Å²) in [7, 11) is 0. The summed E-state index contributed by atoms with van der Waals surface area (Å²) >= 11 is 0. The topological polar surface area (TPSA) is 73.9 Å². The summed E-state index contributed by atoms with van der Waals surface area (Å²) < 4.78 is 16.0. The standard InChI is InChI=1S/C18H17NO5/c20-17(19-10-13-6-2-1-3-7-13)12-23-18(21)16-11-22-14-8-4-5-9-15(14)24-16/h1-9,16H,10-12H2,(H,19,20)/t16-/m0/s1. The average Bonchev–Trinajstić information content (AvgIpc) is 2.65. The van der Waals surface area contributed by atoms with E-state index in [0.29, 0.717) is 18.0 Å². The van der Waals surface area contributed by atoms with Gasteiger partial charge in [0, 0.05) is 6.54 Å². The zero-order valence-electron chi connectivity index (χ0n) is 12.9. The monoisotopic (exact) mass is 327 g/mol. The third-order valence-electron chi connectivity index (χ3n) is 3.45. The Morgan fingerprint density at radius 1 is 1.04 bits per heavy atom. The van der Waals surface area contributed by atoms with E-state index in [9.17, 15) is 9.59 Å². The molecule has 1 heterocycles. The molecular weight excluding hydrogens is 310 g/mol. The number of rotatable bonds is 5. The van der Waals surface area contributed by atoms with Gasteiger partial charge >= 0.3 is 5.97 Å². The molecule has 0 saturated carbocycles. The van der Waals surface area contributed by atoms with Gasteiger partial charge in [0.15, 0.2) is 18.1 Å². The van der Waals surface area contributed by atoms with Crippen LogP contribution in [0.1, 0.15) is 5.56 Å². The number of esters is 1. The third-order valence-corrected chi connectivity index (χ3v) is 3.45. The number of carbonyl (C=O) groups is 2. The van der Waals surface area contributed by atoms with E-state index in [4.69, 9.17) is 14.2 Å². The predicted octanol–water partition coefficient (Wildman–Crippen LogP) is 1.69. The molecule has 0 saturated heterocycles. The van der Waals surface area contributed by atoms with Crippen LogP contribution >= 0.6 is 0 Å². The van der Waals surface area contributed by atoms with Gasteiger partial charge in [-0.05, 0) is 17.7 Å². The highest BCUT2D eigenvalue weighted by Crippen LogP contribution is 2.31. The van der Waals surface area contributed by atoms with E-state index >= 15 is 0 Å². The Morgan fingerprint density at radius 2 is 1.75 bits per heavy atom. The van der Waals surface area contributed by atoms with E-state index in [-0.39, 0.29) is 19.1 Å². The van der Waals surface area contributed by atoms with Gasteiger partial charge in [0.25, 0.3) is 5.91 Å². The summed E-state index contributed by atoms with van der Waals surface area (Å²) in [6.07, 6.45) is -0.873. The molecule has 3 rings (SSSR count). The molecule has 2 aromatic carbocycles. The van der Waals surface area contributed by atoms with Gasteiger partial charge in [0.05, 0.1) is 0 Å². The number of hydrogen-bond donors (Lipinski definition) is 1. The smallest absolute Gasteiger partial charge is 0.351 e. The van der Waals surface area contributed by atoms with Crippen LogP contribution in [-0.4, -0.2) is 31.2 Å². The van der Waals surface area contributed by atoms with Crippen LogP contribution in [0.4, 0.5) is 0 Å². The Bertz CT molecular complexity index is 716. The van der Waals surface area contributed by atoms with Crippen LogP contribution in [-0.2, 0) is 20.9 Å². The first kappa shape index (κ1) is 15.9. The second kappa shape index (κ2) is 7.50. The fraction of sp³-hybridized carbons (Fsp3) is 0.222. The van der Waals surface area contributed by atoms with Crippen molar-refractivity contribution in [3.8, 4) is 11.5 Å². The Balaban J connectivity index is 1.43. The van der Waals surface area contributed by atoms with Crippen molar-refractivity contribution >= 4 is 11.9 Å². The molecule has 0 bridgehead atoms. The van der Waals surface area contributed by atoms with Gasteiger partial charge in [-0.1, -0.05) is 42.5 Å². The number of hydrogen-bond acceptors (Lipinski definition) is 5. The minimum absolute atomic E-state index is 0.0570. The fourth-order valence-electron chi connectivity index (χ4n) is 2.21. The Kier molecular flexibility index (Phi) is 4.96. The lowest BCUT2D eigenvalue weighted by Crippen LogP contribution is -2.39. The summed E-state index contributed by atoms with van der Waals surface area (Å²) in [5.41, 5.74) is 0.970. The number of nitrogens with one attached hydrogen (secondary N) is 1. The second-order valence-corrected chi connectivity index (χ2v) is 5.23. The van der Waals surface area contributed by atoms with E-state index < -0.39 is 12.1 Å². The number of fused-ring (bicyclic) bond motifs is 1. The molecule has 0 aliphatic carbocycles. The highest BCUT2D eigenvalue weighted by atomic mass is 16.6. The largest absolute Gasteiger partial charge is 0.485 e. The lowest BCUT2D eigenvalue weighted by atomic mass is 10.2. The lowest BCUT2D eigenvalue weighted by molar-refractivity contribution is -0.157. The fourth-order valence-corrected chi connectivity index (χ4v) is 2.21. The van der Waals surface area contributed by atoms with Crippen molar-refractivity contribution in [3.63, 3.8) is 0 Å². The van der Waals surface area contributed by atoms with Crippen LogP contribution < -0.4 is 14.8 Å². The van der Waals surface area contributed by atoms with Crippen molar-refractivity contribution < 1.29 is 23.8 Å². The molecule has 0 fully saturated rings. The van der Waals surface area contributed by atoms with Gasteiger partial charge in [0.1, 0.15) is 6.61 Å². The van der Waals surface area contributed by atoms with Gasteiger partial charge in [-0.25, -0.2) is 4.79 Å². The van der Waals surface area contributed by atoms with Crippen LogP contribution in [0.5, 0.6) is 11.5 Å². The molecule has 0 spiro atoms. The molecule has 0 radical (unpaired) electrons. The first-order valence-electron chi connectivity index (χ1n) is 7.58. The number of benzene rings is 2. The van der Waals surface area contributed by atoms with Gasteiger partial charge in [-0.15, -0.1) is 0 Å². The lowest BCUT2D eigenvalue weighted by Gasteiger charge is -2.24. The Morgan fingerprint density at radius 3 is 2.54 bits per heavy atom. The minimum atomic E-state index is -0.873. The molecule has 124 valence electrons. The van der Waals surface area contributed by atoms with Gasteiger partial charge in [-0.2, -0.15) is 0 Å². The molecule has 1 aliphatic rings. The average molecular weight is 327 g/mol. The Labute approximate surface area is 139 Å². The highest BCUT2D eigenvalue weighted by molar-refractivity contribution is 5.82. The van der Waals surface area contributed by atoms with Crippen molar-refractivity contribution in [1.82, 2.24) is 5.32 Å².